The molecule has 0 saturated carbocycles. The minimum Gasteiger partial charge on any atom is -0.459 e. The fourth-order valence-corrected chi connectivity index (χ4v) is 11.8. The van der Waals surface area contributed by atoms with E-state index in [2.05, 4.69) is 6.92 Å². The maximum absolute atomic E-state index is 14.1. The van der Waals surface area contributed by atoms with Gasteiger partial charge < -0.3 is 58.9 Å². The van der Waals surface area contributed by atoms with Gasteiger partial charge in [0, 0.05) is 37.3 Å². The Labute approximate surface area is 441 Å². The molecule has 0 amide bonds. The van der Waals surface area contributed by atoms with Crippen molar-refractivity contribution in [2.45, 2.75) is 289 Å². The normalized spacial score (nSPS) is 38.3. The first kappa shape index (κ1) is 67.7. The third kappa shape index (κ3) is 21.4. The van der Waals surface area contributed by atoms with Crippen LogP contribution in [0, 0.1) is 23.7 Å². The van der Waals surface area contributed by atoms with Gasteiger partial charge in [0.25, 0.3) is 10.1 Å². The van der Waals surface area contributed by atoms with Gasteiger partial charge in [-0.1, -0.05) is 131 Å². The van der Waals surface area contributed by atoms with Crippen molar-refractivity contribution in [1.82, 2.24) is 4.90 Å². The number of rotatable bonds is 24. The predicted octanol–water partition coefficient (Wildman–Crippen LogP) is 7.92. The topological polar surface area (TPSA) is 248 Å². The van der Waals surface area contributed by atoms with Gasteiger partial charge in [0.05, 0.1) is 53.4 Å². The number of carbonyl (C=O) groups excluding carboxylic acids is 2. The van der Waals surface area contributed by atoms with Gasteiger partial charge in [0.2, 0.25) is 0 Å². The molecule has 0 aromatic heterocycles. The van der Waals surface area contributed by atoms with Gasteiger partial charge in [0.15, 0.2) is 12.6 Å². The highest BCUT2D eigenvalue weighted by atomic mass is 32.2. The smallest absolute Gasteiger partial charge is 0.311 e. The van der Waals surface area contributed by atoms with Crippen LogP contribution < -0.4 is 0 Å². The summed E-state index contributed by atoms with van der Waals surface area (Å²) >= 11 is 0. The first-order chi connectivity index (χ1) is 34.0. The van der Waals surface area contributed by atoms with E-state index in [1.54, 1.807) is 41.5 Å². The predicted molar refractivity (Wildman–Crippen MR) is 282 cm³/mol. The molecule has 0 spiro atoms. The van der Waals surface area contributed by atoms with E-state index in [0.717, 1.165) is 12.8 Å². The number of esters is 1. The molecule has 17 nitrogen and oxygen atoms in total. The van der Waals surface area contributed by atoms with E-state index < -0.39 is 118 Å². The average Bonchev–Trinajstić information content (AvgIpc) is 3.31. The molecular weight excluding hydrogens is 963 g/mol. The van der Waals surface area contributed by atoms with Crippen LogP contribution in [-0.4, -0.2) is 166 Å². The Bertz CT molecular complexity index is 1680. The molecule has 73 heavy (non-hydrogen) atoms. The molecule has 0 radical (unpaired) electrons. The molecule has 3 fully saturated rings. The zero-order chi connectivity index (χ0) is 55.5. The number of ketones is 1. The van der Waals surface area contributed by atoms with Crippen LogP contribution in [-0.2, 0) is 48.1 Å². The van der Waals surface area contributed by atoms with Crippen molar-refractivity contribution in [3.8, 4) is 0 Å². The molecule has 3 heterocycles. The summed E-state index contributed by atoms with van der Waals surface area (Å²) in [6.07, 6.45) is 10.6. The molecule has 0 aromatic rings. The quantitative estimate of drug-likeness (QED) is 0.0305. The molecule has 6 N–H and O–H groups in total. The van der Waals surface area contributed by atoms with Crippen molar-refractivity contribution in [3.05, 3.63) is 0 Å². The standard InChI is InChI=1S/C37H67NO13.C18H38O3S/c1-14-25-37(10,45)30(41)20(4)27(39)18(2)16-35(8,44)32(51-34-28(40)24(38(11)12)15-19(3)47-34)21(5)29(22(6)33(43)49-25)50-26-17-36(9,46-13)31(42)23(7)48-26;1-2-3-4-5-6-7-8-9-10-11-12-13-14-15-16-17-18-22(19,20)21/h18-26,28-32,34,40-42,44-45H,14-17H2,1-13H3;2-18H2,1H3,(H,19,20,21)/t18-,19-,20+,21+,22-,23+,24+,25-,26+,28-,29+,30-,31+,32-,34+,35-,36-,37-;/m1./s1. The number of cyclic esters (lactones) is 1. The summed E-state index contributed by atoms with van der Waals surface area (Å²) in [7, 11) is 1.43. The maximum atomic E-state index is 14.1. The van der Waals surface area contributed by atoms with Crippen LogP contribution in [0.15, 0.2) is 0 Å². The highest BCUT2D eigenvalue weighted by Gasteiger charge is 2.53. The summed E-state index contributed by atoms with van der Waals surface area (Å²) in [6, 6.07) is -0.324. The second-order valence-electron chi connectivity index (χ2n) is 23.1. The minimum atomic E-state index is -3.74. The molecule has 0 aliphatic carbocycles. The molecule has 3 aliphatic rings. The third-order valence-electron chi connectivity index (χ3n) is 16.1. The molecular formula is C55H105NO16S. The molecule has 3 rings (SSSR count). The summed E-state index contributed by atoms with van der Waals surface area (Å²) in [4.78, 5) is 29.8. The molecule has 0 bridgehead atoms. The van der Waals surface area contributed by atoms with E-state index in [-0.39, 0.29) is 37.2 Å². The summed E-state index contributed by atoms with van der Waals surface area (Å²) in [6.45, 7) is 18.6. The van der Waals surface area contributed by atoms with Crippen molar-refractivity contribution in [3.63, 3.8) is 0 Å². The van der Waals surface area contributed by atoms with Gasteiger partial charge in [-0.25, -0.2) is 0 Å². The number of ether oxygens (including phenoxy) is 6. The lowest BCUT2D eigenvalue weighted by molar-refractivity contribution is -0.318. The minimum absolute atomic E-state index is 0.0779. The highest BCUT2D eigenvalue weighted by Crippen LogP contribution is 2.41. The van der Waals surface area contributed by atoms with E-state index in [1.807, 2.05) is 25.9 Å². The summed E-state index contributed by atoms with van der Waals surface area (Å²) in [5.74, 6) is -5.05. The van der Waals surface area contributed by atoms with Crippen molar-refractivity contribution < 1.29 is 76.5 Å². The zero-order valence-corrected chi connectivity index (χ0v) is 48.4. The monoisotopic (exact) mass is 1070 g/mol. The van der Waals surface area contributed by atoms with Crippen LogP contribution in [0.25, 0.3) is 0 Å². The number of methoxy groups -OCH3 is 1. The lowest BCUT2D eigenvalue weighted by atomic mass is 9.74. The number of hydrogen-bond donors (Lipinski definition) is 6. The second-order valence-corrected chi connectivity index (χ2v) is 24.6. The maximum Gasteiger partial charge on any atom is 0.311 e. The van der Waals surface area contributed by atoms with Crippen LogP contribution in [0.3, 0.4) is 0 Å². The Morgan fingerprint density at radius 2 is 1.22 bits per heavy atom. The van der Waals surface area contributed by atoms with Gasteiger partial charge in [-0.05, 0) is 81.3 Å². The second kappa shape index (κ2) is 31.9. The van der Waals surface area contributed by atoms with Crippen molar-refractivity contribution in [2.75, 3.05) is 27.0 Å². The number of aliphatic hydroxyl groups is 5. The van der Waals surface area contributed by atoms with E-state index in [1.165, 1.54) is 111 Å². The van der Waals surface area contributed by atoms with Crippen LogP contribution in [0.5, 0.6) is 0 Å². The van der Waals surface area contributed by atoms with Crippen LogP contribution in [0.1, 0.15) is 205 Å². The van der Waals surface area contributed by atoms with E-state index in [4.69, 9.17) is 33.0 Å². The first-order valence-electron chi connectivity index (χ1n) is 28.0. The Balaban J connectivity index is 0.000000696. The number of aliphatic hydroxyl groups excluding tert-OH is 3. The fraction of sp³-hybridized carbons (Fsp3) is 0.964. The van der Waals surface area contributed by atoms with Crippen LogP contribution in [0.4, 0.5) is 0 Å². The van der Waals surface area contributed by atoms with E-state index >= 15 is 0 Å². The average molecular weight is 1070 g/mol. The molecule has 18 heteroatoms. The van der Waals surface area contributed by atoms with Crippen molar-refractivity contribution in [2.24, 2.45) is 23.7 Å². The third-order valence-corrected chi connectivity index (χ3v) is 16.9. The van der Waals surface area contributed by atoms with Gasteiger partial charge in [-0.2, -0.15) is 8.42 Å². The fourth-order valence-electron chi connectivity index (χ4n) is 11.2. The van der Waals surface area contributed by atoms with Crippen molar-refractivity contribution in [1.29, 1.82) is 0 Å². The van der Waals surface area contributed by atoms with Crippen molar-refractivity contribution >= 4 is 21.9 Å². The number of carbonyl (C=O) groups is 2. The molecule has 3 aliphatic heterocycles. The largest absolute Gasteiger partial charge is 0.459 e. The van der Waals surface area contributed by atoms with Gasteiger partial charge in [-0.15, -0.1) is 0 Å². The molecule has 3 saturated heterocycles. The number of hydrogen-bond acceptors (Lipinski definition) is 16. The Hall–Kier alpha value is -1.39. The molecule has 0 unspecified atom stereocenters. The van der Waals surface area contributed by atoms with E-state index in [0.29, 0.717) is 12.8 Å². The summed E-state index contributed by atoms with van der Waals surface area (Å²) < 4.78 is 66.7. The number of Topliss-reactive ketones (excluding diaryl/α,β-unsaturated/α-hetero) is 1. The van der Waals surface area contributed by atoms with E-state index in [9.17, 15) is 43.5 Å². The Kier molecular flexibility index (Phi) is 29.6. The lowest BCUT2D eigenvalue weighted by Crippen LogP contribution is -2.61. The lowest BCUT2D eigenvalue weighted by Gasteiger charge is -2.49. The van der Waals surface area contributed by atoms with Gasteiger partial charge in [0.1, 0.15) is 29.7 Å². The van der Waals surface area contributed by atoms with Crippen LogP contribution in [0.2, 0.25) is 0 Å². The number of nitrogens with zero attached hydrogens (tertiary/aromatic N) is 1. The Morgan fingerprint density at radius 3 is 1.68 bits per heavy atom. The number of unbranched alkanes of at least 4 members (excludes halogenated alkanes) is 15. The summed E-state index contributed by atoms with van der Waals surface area (Å²) in [5, 5.41) is 57.6. The van der Waals surface area contributed by atoms with Gasteiger partial charge in [-0.3, -0.25) is 14.1 Å². The highest BCUT2D eigenvalue weighted by molar-refractivity contribution is 7.85. The van der Waals surface area contributed by atoms with Gasteiger partial charge >= 0.3 is 5.97 Å². The number of likely N-dealkylation sites (N-methyl/N-ethyl adjacent to an activating group) is 1. The first-order valence-corrected chi connectivity index (χ1v) is 29.6. The molecule has 432 valence electrons. The summed E-state index contributed by atoms with van der Waals surface area (Å²) in [5.41, 5.74) is -4.84. The molecule has 18 atom stereocenters. The zero-order valence-electron chi connectivity index (χ0n) is 47.6. The Morgan fingerprint density at radius 1 is 0.712 bits per heavy atom. The van der Waals surface area contributed by atoms with Crippen LogP contribution >= 0.6 is 0 Å². The molecule has 0 aromatic carbocycles. The SMILES string of the molecule is CCCCCCCCCCCCCCCCCCS(=O)(=O)O.CC[C@H]1OC(=O)[C@H](C)[C@@H](O[C@H]2C[C@@](C)(OC)[C@@H](O)[C@H](C)O2)[C@H](C)[C@@H](O[C@@H]2O[C@H](C)C[C@H](N(C)C)[C@H]2O)[C@](C)(O)C[C@@H](C)C(=O)[C@H](C)[C@@H](O)[C@]1(C)O.